The Bertz CT molecular complexity index is 1220. The van der Waals surface area contributed by atoms with Crippen molar-refractivity contribution in [1.82, 2.24) is 9.38 Å². The van der Waals surface area contributed by atoms with E-state index in [1.165, 1.54) is 18.2 Å². The molecule has 0 fully saturated rings. The summed E-state index contributed by atoms with van der Waals surface area (Å²) in [6, 6.07) is 12.9. The lowest BCUT2D eigenvalue weighted by atomic mass is 10.1. The lowest BCUT2D eigenvalue weighted by molar-refractivity contribution is 0.171. The molecule has 0 spiro atoms. The lowest BCUT2D eigenvalue weighted by Gasteiger charge is -2.19. The fraction of sp³-hybridized carbons (Fsp3) is 0.136. The van der Waals surface area contributed by atoms with Crippen LogP contribution in [0.2, 0.25) is 0 Å². The molecule has 0 saturated carbocycles. The highest BCUT2D eigenvalue weighted by Gasteiger charge is 2.21. The number of nitrogens with one attached hydrogen (secondary N) is 1. The van der Waals surface area contributed by atoms with Crippen LogP contribution in [0.4, 0.5) is 20.3 Å². The largest absolute Gasteiger partial charge is 0.486 e. The van der Waals surface area contributed by atoms with Crippen molar-refractivity contribution in [3.05, 3.63) is 71.9 Å². The van der Waals surface area contributed by atoms with Crippen molar-refractivity contribution >= 4 is 17.2 Å². The zero-order chi connectivity index (χ0) is 20.0. The van der Waals surface area contributed by atoms with Crippen LogP contribution in [0.1, 0.15) is 5.56 Å². The van der Waals surface area contributed by atoms with Crippen LogP contribution < -0.4 is 14.8 Å². The first-order valence-corrected chi connectivity index (χ1v) is 9.20. The van der Waals surface area contributed by atoms with Crippen molar-refractivity contribution in [2.24, 2.45) is 0 Å². The van der Waals surface area contributed by atoms with Gasteiger partial charge in [0.25, 0.3) is 0 Å². The molecular formula is C22H17F2N3O2. The van der Waals surface area contributed by atoms with Gasteiger partial charge in [0.1, 0.15) is 42.0 Å². The number of imidazole rings is 1. The number of halogens is 2. The summed E-state index contributed by atoms with van der Waals surface area (Å²) in [4.78, 5) is 4.49. The summed E-state index contributed by atoms with van der Waals surface area (Å²) in [6.45, 7) is 2.91. The number of ether oxygens (including phenoxy) is 2. The number of hydrogen-bond acceptors (Lipinski definition) is 4. The van der Waals surface area contributed by atoms with E-state index in [0.29, 0.717) is 41.9 Å². The molecule has 0 bridgehead atoms. The van der Waals surface area contributed by atoms with Crippen molar-refractivity contribution < 1.29 is 18.3 Å². The molecule has 146 valence electrons. The van der Waals surface area contributed by atoms with Gasteiger partial charge in [0.2, 0.25) is 0 Å². The topological polar surface area (TPSA) is 47.8 Å². The first kappa shape index (κ1) is 17.5. The van der Waals surface area contributed by atoms with E-state index in [2.05, 4.69) is 10.3 Å². The van der Waals surface area contributed by atoms with Gasteiger partial charge in [-0.25, -0.2) is 13.8 Å². The molecular weight excluding hydrogens is 376 g/mol. The van der Waals surface area contributed by atoms with E-state index in [1.54, 1.807) is 16.5 Å². The first-order chi connectivity index (χ1) is 14.1. The van der Waals surface area contributed by atoms with Crippen LogP contribution in [0, 0.1) is 18.6 Å². The van der Waals surface area contributed by atoms with Crippen LogP contribution in [0.5, 0.6) is 11.5 Å². The van der Waals surface area contributed by atoms with Crippen molar-refractivity contribution in [2.45, 2.75) is 6.92 Å². The SMILES string of the molecule is Cc1ccc2nc(-c3c(F)cccc3F)c(Nc3ccc4c(c3)OCCO4)n2c1. The second kappa shape index (κ2) is 6.77. The van der Waals surface area contributed by atoms with Crippen molar-refractivity contribution in [3.8, 4) is 22.8 Å². The number of benzene rings is 2. The Morgan fingerprint density at radius 3 is 2.52 bits per heavy atom. The number of hydrogen-bond donors (Lipinski definition) is 1. The summed E-state index contributed by atoms with van der Waals surface area (Å²) >= 11 is 0. The van der Waals surface area contributed by atoms with Crippen LogP contribution in [-0.4, -0.2) is 22.6 Å². The molecule has 0 atom stereocenters. The summed E-state index contributed by atoms with van der Waals surface area (Å²) in [5.41, 5.74) is 2.28. The highest BCUT2D eigenvalue weighted by Crippen LogP contribution is 2.37. The Kier molecular flexibility index (Phi) is 4.08. The van der Waals surface area contributed by atoms with E-state index in [9.17, 15) is 8.78 Å². The minimum Gasteiger partial charge on any atom is -0.486 e. The summed E-state index contributed by atoms with van der Waals surface area (Å²) in [5.74, 6) is 0.399. The van der Waals surface area contributed by atoms with Crippen LogP contribution in [-0.2, 0) is 0 Å². The molecule has 2 aromatic carbocycles. The number of aryl methyl sites for hydroxylation is 1. The maximum Gasteiger partial charge on any atom is 0.163 e. The van der Waals surface area contributed by atoms with Gasteiger partial charge in [-0.3, -0.25) is 4.40 Å². The van der Waals surface area contributed by atoms with Gasteiger partial charge in [-0.15, -0.1) is 0 Å². The van der Waals surface area contributed by atoms with E-state index < -0.39 is 11.6 Å². The predicted octanol–water partition coefficient (Wildman–Crippen LogP) is 5.10. The molecule has 2 aromatic heterocycles. The summed E-state index contributed by atoms with van der Waals surface area (Å²) in [5, 5.41) is 3.26. The van der Waals surface area contributed by atoms with E-state index in [-0.39, 0.29) is 11.3 Å². The van der Waals surface area contributed by atoms with Crippen molar-refractivity contribution in [3.63, 3.8) is 0 Å². The monoisotopic (exact) mass is 393 g/mol. The number of nitrogens with zero attached hydrogens (tertiary/aromatic N) is 2. The number of pyridine rings is 1. The van der Waals surface area contributed by atoms with Crippen molar-refractivity contribution in [1.29, 1.82) is 0 Å². The zero-order valence-electron chi connectivity index (χ0n) is 15.6. The number of anilines is 2. The molecule has 5 nitrogen and oxygen atoms in total. The quantitative estimate of drug-likeness (QED) is 0.526. The Hall–Kier alpha value is -3.61. The molecule has 0 unspecified atom stereocenters. The highest BCUT2D eigenvalue weighted by atomic mass is 19.1. The molecule has 29 heavy (non-hydrogen) atoms. The first-order valence-electron chi connectivity index (χ1n) is 9.20. The van der Waals surface area contributed by atoms with Crippen LogP contribution in [0.25, 0.3) is 16.9 Å². The zero-order valence-corrected chi connectivity index (χ0v) is 15.6. The number of fused-ring (bicyclic) bond motifs is 2. The maximum atomic E-state index is 14.5. The fourth-order valence-corrected chi connectivity index (χ4v) is 3.43. The molecule has 1 aliphatic rings. The van der Waals surface area contributed by atoms with Gasteiger partial charge < -0.3 is 14.8 Å². The molecule has 0 amide bonds. The molecule has 1 N–H and O–H groups in total. The van der Waals surface area contributed by atoms with Gasteiger partial charge in [-0.2, -0.15) is 0 Å². The molecule has 1 aliphatic heterocycles. The van der Waals surface area contributed by atoms with Gasteiger partial charge in [0.15, 0.2) is 11.5 Å². The molecule has 4 aromatic rings. The average Bonchev–Trinajstić information content (AvgIpc) is 3.05. The second-order valence-corrected chi connectivity index (χ2v) is 6.82. The van der Waals surface area contributed by atoms with E-state index in [0.717, 1.165) is 5.56 Å². The number of aromatic nitrogens is 2. The van der Waals surface area contributed by atoms with Gasteiger partial charge in [0.05, 0.1) is 5.56 Å². The lowest BCUT2D eigenvalue weighted by Crippen LogP contribution is -2.15. The smallest absolute Gasteiger partial charge is 0.163 e. The third-order valence-electron chi connectivity index (χ3n) is 4.77. The van der Waals surface area contributed by atoms with E-state index in [4.69, 9.17) is 9.47 Å². The van der Waals surface area contributed by atoms with Crippen LogP contribution >= 0.6 is 0 Å². The van der Waals surface area contributed by atoms with Gasteiger partial charge in [-0.1, -0.05) is 12.1 Å². The van der Waals surface area contributed by atoms with Gasteiger partial charge >= 0.3 is 0 Å². The second-order valence-electron chi connectivity index (χ2n) is 6.82. The molecule has 0 radical (unpaired) electrons. The summed E-state index contributed by atoms with van der Waals surface area (Å²) in [7, 11) is 0. The molecule has 5 rings (SSSR count). The predicted molar refractivity (Wildman–Crippen MR) is 106 cm³/mol. The Labute approximate surface area is 165 Å². The van der Waals surface area contributed by atoms with Crippen molar-refractivity contribution in [2.75, 3.05) is 18.5 Å². The number of rotatable bonds is 3. The van der Waals surface area contributed by atoms with Crippen LogP contribution in [0.15, 0.2) is 54.7 Å². The molecule has 0 saturated heterocycles. The third kappa shape index (κ3) is 3.04. The Morgan fingerprint density at radius 2 is 1.72 bits per heavy atom. The molecule has 3 heterocycles. The Morgan fingerprint density at radius 1 is 0.966 bits per heavy atom. The van der Waals surface area contributed by atoms with E-state index in [1.807, 2.05) is 31.3 Å². The summed E-state index contributed by atoms with van der Waals surface area (Å²) < 4.78 is 42.0. The summed E-state index contributed by atoms with van der Waals surface area (Å²) in [6.07, 6.45) is 1.87. The third-order valence-corrected chi connectivity index (χ3v) is 4.77. The Balaban J connectivity index is 1.68. The van der Waals surface area contributed by atoms with Gasteiger partial charge in [-0.05, 0) is 42.8 Å². The molecule has 0 aliphatic carbocycles. The maximum absolute atomic E-state index is 14.5. The highest BCUT2D eigenvalue weighted by molar-refractivity contribution is 5.80. The van der Waals surface area contributed by atoms with Crippen LogP contribution in [0.3, 0.4) is 0 Å². The average molecular weight is 393 g/mol. The minimum absolute atomic E-state index is 0.172. The minimum atomic E-state index is -0.671. The standard InChI is InChI=1S/C22H17F2N3O2/c1-13-5-8-19-26-21(20-15(23)3-2-4-16(20)24)22(27(19)12-13)25-14-6-7-17-18(11-14)29-10-9-28-17/h2-8,11-12,25H,9-10H2,1H3. The van der Waals surface area contributed by atoms with E-state index >= 15 is 0 Å². The fourth-order valence-electron chi connectivity index (χ4n) is 3.43. The molecule has 7 heteroatoms. The normalized spacial score (nSPS) is 12.9. The van der Waals surface area contributed by atoms with Gasteiger partial charge in [0, 0.05) is 18.0 Å².